The van der Waals surface area contributed by atoms with Gasteiger partial charge in [0, 0.05) is 51.1 Å². The lowest BCUT2D eigenvalue weighted by molar-refractivity contribution is -0.132. The van der Waals surface area contributed by atoms with E-state index in [-0.39, 0.29) is 0 Å². The van der Waals surface area contributed by atoms with Gasteiger partial charge in [0.15, 0.2) is 0 Å². The number of carbonyl (C=O) groups excluding carboxylic acids is 1. The highest BCUT2D eigenvalue weighted by Crippen LogP contribution is 2.43. The molecule has 1 unspecified atom stereocenters. The van der Waals surface area contributed by atoms with Gasteiger partial charge in [0.2, 0.25) is 5.91 Å². The van der Waals surface area contributed by atoms with Gasteiger partial charge in [0.05, 0.1) is 0 Å². The number of benzene rings is 1. The number of aryl methyl sites for hydroxylation is 1. The first-order valence-corrected chi connectivity index (χ1v) is 10.1. The van der Waals surface area contributed by atoms with Crippen LogP contribution in [0.2, 0.25) is 0 Å². The van der Waals surface area contributed by atoms with Gasteiger partial charge in [0.1, 0.15) is 0 Å². The Morgan fingerprint density at radius 2 is 1.88 bits per heavy atom. The molecule has 1 spiro atoms. The number of rotatable bonds is 3. The van der Waals surface area contributed by atoms with E-state index in [0.29, 0.717) is 17.7 Å². The van der Waals surface area contributed by atoms with Crippen molar-refractivity contribution >= 4 is 5.91 Å². The van der Waals surface area contributed by atoms with Crippen molar-refractivity contribution in [1.29, 1.82) is 0 Å². The first kappa shape index (κ1) is 17.0. The topological polar surface area (TPSA) is 35.6 Å². The molecular weight excluding hydrogens is 310 g/mol. The Morgan fingerprint density at radius 1 is 1.08 bits per heavy atom. The number of fused-ring (bicyclic) bond motifs is 2. The van der Waals surface area contributed by atoms with Crippen molar-refractivity contribution in [2.45, 2.75) is 43.9 Å². The Bertz CT molecular complexity index is 611. The van der Waals surface area contributed by atoms with Crippen LogP contribution in [0.4, 0.5) is 0 Å². The van der Waals surface area contributed by atoms with E-state index >= 15 is 0 Å². The third-order valence-corrected chi connectivity index (χ3v) is 6.46. The van der Waals surface area contributed by atoms with Crippen LogP contribution in [-0.2, 0) is 16.6 Å². The van der Waals surface area contributed by atoms with Crippen LogP contribution in [0.15, 0.2) is 24.3 Å². The van der Waals surface area contributed by atoms with Crippen LogP contribution in [-0.4, -0.2) is 61.5 Å². The fraction of sp³-hybridized carbons (Fsp3) is 0.667. The molecular formula is C21H31N3O. The van der Waals surface area contributed by atoms with E-state index in [4.69, 9.17) is 0 Å². The van der Waals surface area contributed by atoms with Gasteiger partial charge in [-0.2, -0.15) is 0 Å². The first-order valence-electron chi connectivity index (χ1n) is 10.1. The molecule has 2 fully saturated rings. The monoisotopic (exact) mass is 341 g/mol. The van der Waals surface area contributed by atoms with E-state index in [9.17, 15) is 4.79 Å². The average molecular weight is 341 g/mol. The minimum absolute atomic E-state index is 0.338. The van der Waals surface area contributed by atoms with Crippen LogP contribution < -0.4 is 5.32 Å². The largest absolute Gasteiger partial charge is 0.340 e. The van der Waals surface area contributed by atoms with E-state index in [2.05, 4.69) is 34.5 Å². The second-order valence-corrected chi connectivity index (χ2v) is 8.05. The molecule has 1 N–H and O–H groups in total. The van der Waals surface area contributed by atoms with E-state index < -0.39 is 0 Å². The van der Waals surface area contributed by atoms with E-state index in [1.807, 2.05) is 4.90 Å². The highest BCUT2D eigenvalue weighted by molar-refractivity contribution is 5.76. The van der Waals surface area contributed by atoms with Crippen LogP contribution in [0, 0.1) is 0 Å². The fourth-order valence-electron chi connectivity index (χ4n) is 5.18. The Labute approximate surface area is 151 Å². The maximum Gasteiger partial charge on any atom is 0.223 e. The Hall–Kier alpha value is -1.39. The van der Waals surface area contributed by atoms with Gasteiger partial charge in [-0.25, -0.2) is 0 Å². The number of hydrogen-bond donors (Lipinski definition) is 1. The van der Waals surface area contributed by atoms with Crippen LogP contribution in [0.25, 0.3) is 0 Å². The summed E-state index contributed by atoms with van der Waals surface area (Å²) < 4.78 is 0. The lowest BCUT2D eigenvalue weighted by Crippen LogP contribution is -2.50. The van der Waals surface area contributed by atoms with Gasteiger partial charge in [-0.3, -0.25) is 4.79 Å². The number of nitrogens with one attached hydrogen (secondary N) is 1. The maximum atomic E-state index is 12.5. The Kier molecular flexibility index (Phi) is 5.09. The highest BCUT2D eigenvalue weighted by atomic mass is 16.2. The lowest BCUT2D eigenvalue weighted by atomic mass is 9.66. The molecule has 2 heterocycles. The molecule has 0 aromatic heterocycles. The summed E-state index contributed by atoms with van der Waals surface area (Å²) in [5.41, 5.74) is 3.50. The van der Waals surface area contributed by atoms with E-state index in [0.717, 1.165) is 45.8 Å². The average Bonchev–Trinajstić information content (AvgIpc) is 2.67. The predicted octanol–water partition coefficient (Wildman–Crippen LogP) is 2.18. The Morgan fingerprint density at radius 3 is 2.76 bits per heavy atom. The van der Waals surface area contributed by atoms with Gasteiger partial charge in [0.25, 0.3) is 0 Å². The molecule has 1 aliphatic carbocycles. The summed E-state index contributed by atoms with van der Waals surface area (Å²) in [6, 6.07) is 9.08. The molecule has 0 radical (unpaired) electrons. The molecule has 2 saturated heterocycles. The molecule has 0 saturated carbocycles. The molecule has 2 aliphatic heterocycles. The SMILES string of the molecule is O=C(CCN1CCCC2(CCCc3ccccc32)C1)N1CCNCC1. The molecule has 25 heavy (non-hydrogen) atoms. The molecule has 4 nitrogen and oxygen atoms in total. The van der Waals surface area contributed by atoms with Crippen LogP contribution >= 0.6 is 0 Å². The molecule has 1 amide bonds. The van der Waals surface area contributed by atoms with Crippen molar-refractivity contribution in [2.24, 2.45) is 0 Å². The van der Waals surface area contributed by atoms with Crippen molar-refractivity contribution in [1.82, 2.24) is 15.1 Å². The van der Waals surface area contributed by atoms with Gasteiger partial charge in [-0.1, -0.05) is 24.3 Å². The predicted molar refractivity (Wildman–Crippen MR) is 101 cm³/mol. The van der Waals surface area contributed by atoms with Gasteiger partial charge in [-0.15, -0.1) is 0 Å². The minimum Gasteiger partial charge on any atom is -0.340 e. The molecule has 136 valence electrons. The second kappa shape index (κ2) is 7.46. The first-order chi connectivity index (χ1) is 12.3. The van der Waals surface area contributed by atoms with E-state index in [1.165, 1.54) is 32.1 Å². The molecule has 4 heteroatoms. The third-order valence-electron chi connectivity index (χ3n) is 6.46. The smallest absolute Gasteiger partial charge is 0.223 e. The van der Waals surface area contributed by atoms with Crippen molar-refractivity contribution in [3.8, 4) is 0 Å². The number of nitrogens with zero attached hydrogens (tertiary/aromatic N) is 2. The number of piperazine rings is 1. The van der Waals surface area contributed by atoms with Gasteiger partial charge < -0.3 is 15.1 Å². The summed E-state index contributed by atoms with van der Waals surface area (Å²) in [5, 5.41) is 3.32. The zero-order chi connectivity index (χ0) is 17.1. The quantitative estimate of drug-likeness (QED) is 0.915. The van der Waals surface area contributed by atoms with Gasteiger partial charge >= 0.3 is 0 Å². The number of carbonyl (C=O) groups is 1. The molecule has 3 aliphatic rings. The van der Waals surface area contributed by atoms with Gasteiger partial charge in [-0.05, 0) is 49.8 Å². The zero-order valence-corrected chi connectivity index (χ0v) is 15.3. The molecule has 0 bridgehead atoms. The lowest BCUT2D eigenvalue weighted by Gasteiger charge is -2.46. The summed E-state index contributed by atoms with van der Waals surface area (Å²) in [4.78, 5) is 17.1. The van der Waals surface area contributed by atoms with Crippen LogP contribution in [0.1, 0.15) is 43.2 Å². The van der Waals surface area contributed by atoms with E-state index in [1.54, 1.807) is 11.1 Å². The van der Waals surface area contributed by atoms with Crippen molar-refractivity contribution in [2.75, 3.05) is 45.8 Å². The zero-order valence-electron chi connectivity index (χ0n) is 15.3. The van der Waals surface area contributed by atoms with Crippen LogP contribution in [0.3, 0.4) is 0 Å². The minimum atomic E-state index is 0.338. The summed E-state index contributed by atoms with van der Waals surface area (Å²) in [6.45, 7) is 6.83. The van der Waals surface area contributed by atoms with Crippen molar-refractivity contribution in [3.05, 3.63) is 35.4 Å². The highest BCUT2D eigenvalue weighted by Gasteiger charge is 2.39. The number of likely N-dealkylation sites (tertiary alicyclic amines) is 1. The van der Waals surface area contributed by atoms with Crippen LogP contribution in [0.5, 0.6) is 0 Å². The summed E-state index contributed by atoms with van der Waals surface area (Å²) in [7, 11) is 0. The number of amides is 1. The normalized spacial score (nSPS) is 27.3. The summed E-state index contributed by atoms with van der Waals surface area (Å²) in [6.07, 6.45) is 7.11. The van der Waals surface area contributed by atoms with Crippen molar-refractivity contribution in [3.63, 3.8) is 0 Å². The molecule has 1 aromatic carbocycles. The molecule has 1 aromatic rings. The van der Waals surface area contributed by atoms with Crippen molar-refractivity contribution < 1.29 is 4.79 Å². The molecule has 1 atom stereocenters. The summed E-state index contributed by atoms with van der Waals surface area (Å²) in [5.74, 6) is 0.338. The number of hydrogen-bond acceptors (Lipinski definition) is 3. The summed E-state index contributed by atoms with van der Waals surface area (Å²) >= 11 is 0. The second-order valence-electron chi connectivity index (χ2n) is 8.05. The number of piperidine rings is 1. The Balaban J connectivity index is 1.39. The molecule has 4 rings (SSSR count). The standard InChI is InChI=1S/C21H31N3O/c25-20(24-15-11-22-12-16-24)8-14-23-13-4-10-21(17-23)9-3-6-18-5-1-2-7-19(18)21/h1-2,5,7,22H,3-4,6,8-17H2. The third kappa shape index (κ3) is 3.61. The fourth-order valence-corrected chi connectivity index (χ4v) is 5.18. The maximum absolute atomic E-state index is 12.5.